The Balaban J connectivity index is 1.75. The molecule has 1 amide bonds. The number of nitrogens with one attached hydrogen (secondary N) is 1. The second-order valence-electron chi connectivity index (χ2n) is 6.28. The van der Waals surface area contributed by atoms with Gasteiger partial charge in [0.25, 0.3) is 0 Å². The molecule has 2 aliphatic rings. The number of rotatable bonds is 1. The number of hydrogen-bond acceptors (Lipinski definition) is 2. The molecule has 1 unspecified atom stereocenters. The van der Waals surface area contributed by atoms with E-state index in [4.69, 9.17) is 0 Å². The molecule has 3 nitrogen and oxygen atoms in total. The van der Waals surface area contributed by atoms with Gasteiger partial charge in [-0.1, -0.05) is 24.3 Å². The maximum Gasteiger partial charge on any atom is 0.240 e. The molecule has 1 saturated heterocycles. The van der Waals surface area contributed by atoms with E-state index < -0.39 is 0 Å². The van der Waals surface area contributed by atoms with Crippen LogP contribution in [0.15, 0.2) is 24.3 Å². The number of fused-ring (bicyclic) bond motifs is 1. The Morgan fingerprint density at radius 3 is 2.50 bits per heavy atom. The molecular formula is C17H24N2O. The molecule has 0 bridgehead atoms. The predicted octanol–water partition coefficient (Wildman–Crippen LogP) is 2.49. The van der Waals surface area contributed by atoms with Crippen molar-refractivity contribution in [2.75, 3.05) is 0 Å². The van der Waals surface area contributed by atoms with Gasteiger partial charge in [0.2, 0.25) is 5.91 Å². The highest BCUT2D eigenvalue weighted by Gasteiger charge is 2.34. The van der Waals surface area contributed by atoms with Crippen LogP contribution in [-0.2, 0) is 17.8 Å². The lowest BCUT2D eigenvalue weighted by Gasteiger charge is -2.41. The summed E-state index contributed by atoms with van der Waals surface area (Å²) in [6.45, 7) is 5.18. The molecular weight excluding hydrogens is 248 g/mol. The van der Waals surface area contributed by atoms with Crippen LogP contribution in [0.1, 0.15) is 44.2 Å². The molecule has 2 heterocycles. The van der Waals surface area contributed by atoms with Gasteiger partial charge < -0.3 is 10.2 Å². The predicted molar refractivity (Wildman–Crippen MR) is 80.4 cm³/mol. The highest BCUT2D eigenvalue weighted by Crippen LogP contribution is 2.25. The fourth-order valence-corrected chi connectivity index (χ4v) is 3.66. The van der Waals surface area contributed by atoms with E-state index in [9.17, 15) is 4.79 Å². The van der Waals surface area contributed by atoms with Crippen LogP contribution in [0.4, 0.5) is 0 Å². The van der Waals surface area contributed by atoms with Crippen LogP contribution in [0.2, 0.25) is 0 Å². The Morgan fingerprint density at radius 2 is 1.80 bits per heavy atom. The number of amides is 1. The van der Waals surface area contributed by atoms with Crippen molar-refractivity contribution in [3.8, 4) is 0 Å². The number of piperidine rings is 1. The Labute approximate surface area is 121 Å². The standard InChI is InChI=1S/C17H24N2O/c1-12-6-5-7-13(2)19(12)17(20)16-10-14-8-3-4-9-15(14)11-18-16/h3-4,8-9,12-13,16,18H,5-7,10-11H2,1-2H3/t12-,13+,16?. The van der Waals surface area contributed by atoms with Crippen molar-refractivity contribution in [2.24, 2.45) is 0 Å². The Bertz CT molecular complexity index is 490. The summed E-state index contributed by atoms with van der Waals surface area (Å²) in [5.74, 6) is 0.291. The Hall–Kier alpha value is -1.35. The molecule has 3 heteroatoms. The van der Waals surface area contributed by atoms with E-state index in [0.29, 0.717) is 18.0 Å². The van der Waals surface area contributed by atoms with Crippen LogP contribution in [-0.4, -0.2) is 28.9 Å². The first-order valence-electron chi connectivity index (χ1n) is 7.79. The summed E-state index contributed by atoms with van der Waals surface area (Å²) in [6, 6.07) is 9.15. The van der Waals surface area contributed by atoms with Gasteiger partial charge in [-0.3, -0.25) is 4.79 Å². The number of carbonyl (C=O) groups excluding carboxylic acids is 1. The van der Waals surface area contributed by atoms with Crippen LogP contribution in [0, 0.1) is 0 Å². The topological polar surface area (TPSA) is 32.3 Å². The van der Waals surface area contributed by atoms with Crippen LogP contribution in [0.3, 0.4) is 0 Å². The third-order valence-electron chi connectivity index (χ3n) is 4.83. The molecule has 1 aromatic carbocycles. The van der Waals surface area contributed by atoms with Gasteiger partial charge in [-0.25, -0.2) is 0 Å². The van der Waals surface area contributed by atoms with Gasteiger partial charge in [-0.05, 0) is 50.7 Å². The molecule has 1 aromatic rings. The van der Waals surface area contributed by atoms with Crippen molar-refractivity contribution in [3.63, 3.8) is 0 Å². The molecule has 0 aliphatic carbocycles. The number of benzene rings is 1. The monoisotopic (exact) mass is 272 g/mol. The Morgan fingerprint density at radius 1 is 1.15 bits per heavy atom. The molecule has 20 heavy (non-hydrogen) atoms. The van der Waals surface area contributed by atoms with Crippen LogP contribution < -0.4 is 5.32 Å². The molecule has 3 atom stereocenters. The van der Waals surface area contributed by atoms with E-state index in [2.05, 4.69) is 48.3 Å². The van der Waals surface area contributed by atoms with E-state index in [-0.39, 0.29) is 6.04 Å². The fourth-order valence-electron chi connectivity index (χ4n) is 3.66. The molecule has 1 fully saturated rings. The van der Waals surface area contributed by atoms with Crippen LogP contribution in [0.25, 0.3) is 0 Å². The summed E-state index contributed by atoms with van der Waals surface area (Å²) in [5, 5.41) is 3.42. The van der Waals surface area contributed by atoms with E-state index >= 15 is 0 Å². The van der Waals surface area contributed by atoms with Gasteiger partial charge >= 0.3 is 0 Å². The zero-order valence-electron chi connectivity index (χ0n) is 12.4. The third-order valence-corrected chi connectivity index (χ3v) is 4.83. The number of nitrogens with zero attached hydrogens (tertiary/aromatic N) is 1. The fraction of sp³-hybridized carbons (Fsp3) is 0.588. The van der Waals surface area contributed by atoms with Gasteiger partial charge in [0.1, 0.15) is 0 Å². The maximum absolute atomic E-state index is 12.8. The number of likely N-dealkylation sites (tertiary alicyclic amines) is 1. The Kier molecular flexibility index (Phi) is 3.79. The molecule has 108 valence electrons. The lowest BCUT2D eigenvalue weighted by molar-refractivity contribution is -0.139. The zero-order chi connectivity index (χ0) is 14.1. The minimum atomic E-state index is -0.0482. The highest BCUT2D eigenvalue weighted by atomic mass is 16.2. The van der Waals surface area contributed by atoms with Crippen molar-refractivity contribution < 1.29 is 4.79 Å². The minimum Gasteiger partial charge on any atom is -0.336 e. The van der Waals surface area contributed by atoms with Gasteiger partial charge in [-0.2, -0.15) is 0 Å². The highest BCUT2D eigenvalue weighted by molar-refractivity contribution is 5.83. The lowest BCUT2D eigenvalue weighted by atomic mass is 9.92. The number of hydrogen-bond donors (Lipinski definition) is 1. The van der Waals surface area contributed by atoms with E-state index in [1.807, 2.05) is 0 Å². The summed E-state index contributed by atoms with van der Waals surface area (Å²) in [4.78, 5) is 15.0. The van der Waals surface area contributed by atoms with Crippen molar-refractivity contribution in [1.29, 1.82) is 0 Å². The van der Waals surface area contributed by atoms with Gasteiger partial charge in [-0.15, -0.1) is 0 Å². The maximum atomic E-state index is 12.8. The lowest BCUT2D eigenvalue weighted by Crippen LogP contribution is -2.56. The summed E-state index contributed by atoms with van der Waals surface area (Å²) in [6.07, 6.45) is 4.34. The minimum absolute atomic E-state index is 0.0482. The van der Waals surface area contributed by atoms with Crippen molar-refractivity contribution in [3.05, 3.63) is 35.4 Å². The van der Waals surface area contributed by atoms with Gasteiger partial charge in [0.05, 0.1) is 6.04 Å². The summed E-state index contributed by atoms with van der Waals surface area (Å²) in [5.41, 5.74) is 2.65. The number of carbonyl (C=O) groups is 1. The molecule has 0 saturated carbocycles. The van der Waals surface area contributed by atoms with Crippen molar-refractivity contribution in [2.45, 2.75) is 64.2 Å². The first-order chi connectivity index (χ1) is 9.66. The smallest absolute Gasteiger partial charge is 0.240 e. The molecule has 1 N–H and O–H groups in total. The zero-order valence-corrected chi connectivity index (χ0v) is 12.4. The molecule has 0 spiro atoms. The normalized spacial score (nSPS) is 29.9. The average Bonchev–Trinajstić information content (AvgIpc) is 2.46. The average molecular weight is 272 g/mol. The van der Waals surface area contributed by atoms with Crippen LogP contribution in [0.5, 0.6) is 0 Å². The first-order valence-corrected chi connectivity index (χ1v) is 7.79. The summed E-state index contributed by atoms with van der Waals surface area (Å²) < 4.78 is 0. The quantitative estimate of drug-likeness (QED) is 0.852. The largest absolute Gasteiger partial charge is 0.336 e. The summed E-state index contributed by atoms with van der Waals surface area (Å²) in [7, 11) is 0. The van der Waals surface area contributed by atoms with Crippen LogP contribution >= 0.6 is 0 Å². The van der Waals surface area contributed by atoms with Crippen molar-refractivity contribution in [1.82, 2.24) is 10.2 Å². The molecule has 2 aliphatic heterocycles. The van der Waals surface area contributed by atoms with Crippen molar-refractivity contribution >= 4 is 5.91 Å². The van der Waals surface area contributed by atoms with Gasteiger partial charge in [0, 0.05) is 18.6 Å². The second-order valence-corrected chi connectivity index (χ2v) is 6.28. The third kappa shape index (κ3) is 2.47. The molecule has 3 rings (SSSR count). The van der Waals surface area contributed by atoms with E-state index in [1.54, 1.807) is 0 Å². The second kappa shape index (κ2) is 5.57. The van der Waals surface area contributed by atoms with E-state index in [0.717, 1.165) is 25.8 Å². The van der Waals surface area contributed by atoms with E-state index in [1.165, 1.54) is 17.5 Å². The SMILES string of the molecule is C[C@@H]1CCC[C@H](C)N1C(=O)C1Cc2ccccc2CN1. The van der Waals surface area contributed by atoms with Gasteiger partial charge in [0.15, 0.2) is 0 Å². The molecule has 0 radical (unpaired) electrons. The molecule has 0 aromatic heterocycles. The first kappa shape index (κ1) is 13.6. The summed E-state index contributed by atoms with van der Waals surface area (Å²) >= 11 is 0.